The molecule has 0 heterocycles. The molecule has 120 valence electrons. The quantitative estimate of drug-likeness (QED) is 0.189. The van der Waals surface area contributed by atoms with Gasteiger partial charge in [0.1, 0.15) is 9.84 Å². The Morgan fingerprint density at radius 3 is 2.65 bits per heavy atom. The van der Waals surface area contributed by atoms with Crippen LogP contribution in [-0.4, -0.2) is 57.5 Å². The minimum absolute atomic E-state index is 0. The van der Waals surface area contributed by atoms with Crippen molar-refractivity contribution in [3.05, 3.63) is 12.7 Å². The van der Waals surface area contributed by atoms with Crippen molar-refractivity contribution in [3.8, 4) is 0 Å². The second-order valence-electron chi connectivity index (χ2n) is 4.33. The Bertz CT molecular complexity index is 386. The van der Waals surface area contributed by atoms with E-state index in [0.29, 0.717) is 12.4 Å². The van der Waals surface area contributed by atoms with Gasteiger partial charge in [-0.15, -0.1) is 30.6 Å². The predicted octanol–water partition coefficient (Wildman–Crippen LogP) is 1.51. The molecule has 0 rings (SSSR count). The summed E-state index contributed by atoms with van der Waals surface area (Å²) >= 11 is 1.80. The maximum absolute atomic E-state index is 11.1. The first-order valence-electron chi connectivity index (χ1n) is 6.22. The van der Waals surface area contributed by atoms with Crippen LogP contribution in [0.2, 0.25) is 0 Å². The number of thioether (sulfide) groups is 1. The normalized spacial score (nSPS) is 13.2. The van der Waals surface area contributed by atoms with E-state index in [1.807, 2.05) is 13.0 Å². The van der Waals surface area contributed by atoms with Crippen LogP contribution in [0.4, 0.5) is 0 Å². The van der Waals surface area contributed by atoms with Crippen molar-refractivity contribution in [2.24, 2.45) is 4.99 Å². The fraction of sp³-hybridized carbons (Fsp3) is 0.750. The molecule has 0 spiro atoms. The van der Waals surface area contributed by atoms with Crippen molar-refractivity contribution < 1.29 is 8.42 Å². The highest BCUT2D eigenvalue weighted by atomic mass is 127. The van der Waals surface area contributed by atoms with E-state index in [9.17, 15) is 8.42 Å². The summed E-state index contributed by atoms with van der Waals surface area (Å²) in [5, 5.41) is 6.37. The van der Waals surface area contributed by atoms with Gasteiger partial charge in [0.25, 0.3) is 0 Å². The Morgan fingerprint density at radius 2 is 2.15 bits per heavy atom. The SMILES string of the molecule is C=CCSCCNC(=NC)NC(C)CCS(C)(=O)=O.I. The van der Waals surface area contributed by atoms with E-state index in [1.54, 1.807) is 18.8 Å². The summed E-state index contributed by atoms with van der Waals surface area (Å²) in [6.07, 6.45) is 3.71. The van der Waals surface area contributed by atoms with Gasteiger partial charge >= 0.3 is 0 Å². The van der Waals surface area contributed by atoms with Crippen LogP contribution < -0.4 is 10.6 Å². The molecule has 20 heavy (non-hydrogen) atoms. The topological polar surface area (TPSA) is 70.6 Å². The van der Waals surface area contributed by atoms with Crippen LogP contribution in [0.25, 0.3) is 0 Å². The van der Waals surface area contributed by atoms with Gasteiger partial charge in [-0.1, -0.05) is 6.08 Å². The molecule has 0 fully saturated rings. The average Bonchev–Trinajstić information content (AvgIpc) is 2.34. The first-order chi connectivity index (χ1) is 8.89. The summed E-state index contributed by atoms with van der Waals surface area (Å²) in [7, 11) is -1.20. The number of sulfone groups is 1. The standard InChI is InChI=1S/C12H25N3O2S2.HI/c1-5-8-18-9-7-14-12(13-3)15-11(2)6-10-19(4,16)17;/h5,11H,1,6-10H2,2-4H3,(H2,13,14,15);1H. The minimum Gasteiger partial charge on any atom is -0.356 e. The smallest absolute Gasteiger partial charge is 0.191 e. The maximum Gasteiger partial charge on any atom is 0.191 e. The number of guanidine groups is 1. The first-order valence-corrected chi connectivity index (χ1v) is 9.44. The third-order valence-electron chi connectivity index (χ3n) is 2.30. The van der Waals surface area contributed by atoms with Crippen molar-refractivity contribution in [1.82, 2.24) is 10.6 Å². The summed E-state index contributed by atoms with van der Waals surface area (Å²) in [5.41, 5.74) is 0. The molecule has 5 nitrogen and oxygen atoms in total. The van der Waals surface area contributed by atoms with E-state index >= 15 is 0 Å². The number of hydrogen-bond donors (Lipinski definition) is 2. The van der Waals surface area contributed by atoms with Gasteiger partial charge in [0.2, 0.25) is 0 Å². The molecular weight excluding hydrogens is 409 g/mol. The summed E-state index contributed by atoms with van der Waals surface area (Å²) in [4.78, 5) is 4.11. The molecule has 1 atom stereocenters. The number of nitrogens with one attached hydrogen (secondary N) is 2. The van der Waals surface area contributed by atoms with Gasteiger partial charge in [0, 0.05) is 37.4 Å². The van der Waals surface area contributed by atoms with Crippen molar-refractivity contribution in [1.29, 1.82) is 0 Å². The molecule has 0 saturated carbocycles. The van der Waals surface area contributed by atoms with Crippen LogP contribution >= 0.6 is 35.7 Å². The van der Waals surface area contributed by atoms with Crippen LogP contribution in [0.1, 0.15) is 13.3 Å². The molecule has 0 amide bonds. The second-order valence-corrected chi connectivity index (χ2v) is 7.74. The Labute approximate surface area is 144 Å². The Kier molecular flexibility index (Phi) is 14.2. The third kappa shape index (κ3) is 14.4. The first kappa shape index (κ1) is 22.3. The summed E-state index contributed by atoms with van der Waals surface area (Å²) in [5.74, 6) is 2.82. The lowest BCUT2D eigenvalue weighted by atomic mass is 10.3. The Balaban J connectivity index is 0. The van der Waals surface area contributed by atoms with Gasteiger partial charge in [-0.2, -0.15) is 11.8 Å². The van der Waals surface area contributed by atoms with Gasteiger partial charge in [-0.25, -0.2) is 8.42 Å². The zero-order valence-electron chi connectivity index (χ0n) is 12.4. The Hall–Kier alpha value is 0.0400. The van der Waals surface area contributed by atoms with Crippen LogP contribution in [0, 0.1) is 0 Å². The van der Waals surface area contributed by atoms with Gasteiger partial charge in [-0.05, 0) is 13.3 Å². The maximum atomic E-state index is 11.1. The molecule has 0 aromatic heterocycles. The van der Waals surface area contributed by atoms with E-state index in [1.165, 1.54) is 6.26 Å². The summed E-state index contributed by atoms with van der Waals surface area (Å²) < 4.78 is 22.2. The van der Waals surface area contributed by atoms with Crippen LogP contribution in [0.3, 0.4) is 0 Å². The lowest BCUT2D eigenvalue weighted by Gasteiger charge is -2.17. The lowest BCUT2D eigenvalue weighted by molar-refractivity contribution is 0.582. The minimum atomic E-state index is -2.90. The van der Waals surface area contributed by atoms with E-state index in [4.69, 9.17) is 0 Å². The molecule has 0 aliphatic heterocycles. The van der Waals surface area contributed by atoms with Crippen molar-refractivity contribution in [2.75, 3.05) is 37.1 Å². The predicted molar refractivity (Wildman–Crippen MR) is 101 cm³/mol. The molecule has 0 saturated heterocycles. The summed E-state index contributed by atoms with van der Waals surface area (Å²) in [6, 6.07) is 0.0711. The fourth-order valence-electron chi connectivity index (χ4n) is 1.30. The average molecular weight is 435 g/mol. The largest absolute Gasteiger partial charge is 0.356 e. The highest BCUT2D eigenvalue weighted by Gasteiger charge is 2.09. The molecule has 0 aromatic carbocycles. The van der Waals surface area contributed by atoms with E-state index in [2.05, 4.69) is 22.2 Å². The molecule has 0 bridgehead atoms. The van der Waals surface area contributed by atoms with Crippen molar-refractivity contribution >= 4 is 51.5 Å². The molecule has 0 aliphatic rings. The number of hydrogen-bond acceptors (Lipinski definition) is 4. The third-order valence-corrected chi connectivity index (χ3v) is 4.24. The van der Waals surface area contributed by atoms with E-state index in [-0.39, 0.29) is 35.8 Å². The van der Waals surface area contributed by atoms with Crippen LogP contribution in [0.5, 0.6) is 0 Å². The monoisotopic (exact) mass is 435 g/mol. The van der Waals surface area contributed by atoms with Crippen molar-refractivity contribution in [2.45, 2.75) is 19.4 Å². The molecule has 2 N–H and O–H groups in total. The highest BCUT2D eigenvalue weighted by Crippen LogP contribution is 1.98. The van der Waals surface area contributed by atoms with Gasteiger partial charge in [0.05, 0.1) is 5.75 Å². The Morgan fingerprint density at radius 1 is 1.50 bits per heavy atom. The van der Waals surface area contributed by atoms with Gasteiger partial charge < -0.3 is 10.6 Å². The number of aliphatic imine (C=N–C) groups is 1. The number of halogens is 1. The lowest BCUT2D eigenvalue weighted by Crippen LogP contribution is -2.43. The molecule has 0 radical (unpaired) electrons. The number of nitrogens with zero attached hydrogens (tertiary/aromatic N) is 1. The molecule has 8 heteroatoms. The van der Waals surface area contributed by atoms with Gasteiger partial charge in [-0.3, -0.25) is 4.99 Å². The second kappa shape index (κ2) is 12.8. The van der Waals surface area contributed by atoms with Crippen LogP contribution in [0.15, 0.2) is 17.6 Å². The van der Waals surface area contributed by atoms with Crippen molar-refractivity contribution in [3.63, 3.8) is 0 Å². The van der Waals surface area contributed by atoms with Gasteiger partial charge in [0.15, 0.2) is 5.96 Å². The highest BCUT2D eigenvalue weighted by molar-refractivity contribution is 14.0. The van der Waals surface area contributed by atoms with E-state index < -0.39 is 9.84 Å². The molecule has 0 aromatic rings. The molecule has 0 aliphatic carbocycles. The number of rotatable bonds is 9. The zero-order valence-corrected chi connectivity index (χ0v) is 16.3. The zero-order chi connectivity index (χ0) is 14.7. The van der Waals surface area contributed by atoms with E-state index in [0.717, 1.165) is 18.1 Å². The fourth-order valence-corrected chi connectivity index (χ4v) is 2.66. The molecule has 1 unspecified atom stereocenters. The van der Waals surface area contributed by atoms with Crippen LogP contribution in [-0.2, 0) is 9.84 Å². The summed E-state index contributed by atoms with van der Waals surface area (Å²) in [6.45, 7) is 6.43. The molecular formula is C12H26IN3O2S2.